The summed E-state index contributed by atoms with van der Waals surface area (Å²) in [6.45, 7) is 1.83. The first-order chi connectivity index (χ1) is 7.15. The molecule has 1 aromatic rings. The van der Waals surface area contributed by atoms with Gasteiger partial charge in [0, 0.05) is 10.7 Å². The van der Waals surface area contributed by atoms with Crippen molar-refractivity contribution in [2.24, 2.45) is 10.9 Å². The fourth-order valence-corrected chi connectivity index (χ4v) is 2.07. The monoisotopic (exact) mass is 267 g/mol. The molecule has 1 aromatic carbocycles. The fraction of sp³-hybridized carbons (Fsp3) is 0.273. The molecule has 4 heteroatoms. The molecule has 0 amide bonds. The van der Waals surface area contributed by atoms with Gasteiger partial charge in [0.05, 0.1) is 18.6 Å². The van der Waals surface area contributed by atoms with E-state index in [0.717, 1.165) is 4.47 Å². The van der Waals surface area contributed by atoms with Gasteiger partial charge < -0.3 is 4.74 Å². The Hall–Kier alpha value is -1.16. The lowest BCUT2D eigenvalue weighted by Crippen LogP contribution is -2.17. The topological polar surface area (TPSA) is 38.7 Å². The van der Waals surface area contributed by atoms with Crippen molar-refractivity contribution < 1.29 is 9.53 Å². The van der Waals surface area contributed by atoms with Crippen molar-refractivity contribution in [3.05, 3.63) is 22.2 Å². The summed E-state index contributed by atoms with van der Waals surface area (Å²) >= 11 is 3.36. The van der Waals surface area contributed by atoms with Gasteiger partial charge in [0.25, 0.3) is 0 Å². The van der Waals surface area contributed by atoms with E-state index >= 15 is 0 Å². The number of aliphatic imine (C=N–C) groups is 1. The van der Waals surface area contributed by atoms with Crippen molar-refractivity contribution in [2.45, 2.75) is 6.92 Å². The van der Waals surface area contributed by atoms with Crippen molar-refractivity contribution in [1.29, 1.82) is 0 Å². The zero-order chi connectivity index (χ0) is 11.0. The van der Waals surface area contributed by atoms with Crippen LogP contribution in [0.3, 0.4) is 0 Å². The molecule has 0 spiro atoms. The zero-order valence-corrected chi connectivity index (χ0v) is 10.0. The summed E-state index contributed by atoms with van der Waals surface area (Å²) in [5, 5.41) is 0. The number of methoxy groups -OCH3 is 1. The Balaban J connectivity index is 2.69. The molecule has 15 heavy (non-hydrogen) atoms. The zero-order valence-electron chi connectivity index (χ0n) is 8.45. The number of fused-ring (bicyclic) bond motifs is 1. The van der Waals surface area contributed by atoms with Gasteiger partial charge in [0.2, 0.25) is 0 Å². The molecule has 3 nitrogen and oxygen atoms in total. The molecule has 1 unspecified atom stereocenters. The van der Waals surface area contributed by atoms with Gasteiger partial charge in [-0.3, -0.25) is 9.79 Å². The number of carbonyl (C=O) groups excluding carboxylic acids is 1. The molecular formula is C11H10BrNO2. The first kappa shape index (κ1) is 10.4. The number of nitrogens with zero attached hydrogens (tertiary/aromatic N) is 1. The minimum absolute atomic E-state index is 0.0748. The van der Waals surface area contributed by atoms with Crippen LogP contribution in [0.25, 0.3) is 0 Å². The van der Waals surface area contributed by atoms with E-state index < -0.39 is 0 Å². The van der Waals surface area contributed by atoms with Crippen LogP contribution in [0.4, 0.5) is 5.69 Å². The summed E-state index contributed by atoms with van der Waals surface area (Å²) in [6, 6.07) is 3.60. The number of hydrogen-bond donors (Lipinski definition) is 0. The summed E-state index contributed by atoms with van der Waals surface area (Å²) in [7, 11) is 1.57. The lowest BCUT2D eigenvalue weighted by molar-refractivity contribution is 0.0961. The summed E-state index contributed by atoms with van der Waals surface area (Å²) in [5.41, 5.74) is 1.24. The molecule has 0 radical (unpaired) electrons. The molecule has 0 bridgehead atoms. The van der Waals surface area contributed by atoms with Crippen LogP contribution in [0.5, 0.6) is 5.75 Å². The molecule has 78 valence electrons. The largest absolute Gasteiger partial charge is 0.494 e. The van der Waals surface area contributed by atoms with Crippen molar-refractivity contribution in [3.63, 3.8) is 0 Å². The smallest absolute Gasteiger partial charge is 0.174 e. The van der Waals surface area contributed by atoms with Crippen LogP contribution in [0.2, 0.25) is 0 Å². The van der Waals surface area contributed by atoms with Crippen LogP contribution in [0.15, 0.2) is 21.6 Å². The highest BCUT2D eigenvalue weighted by atomic mass is 79.9. The Morgan fingerprint density at radius 2 is 2.20 bits per heavy atom. The first-order valence-electron chi connectivity index (χ1n) is 4.60. The van der Waals surface area contributed by atoms with Gasteiger partial charge in [-0.15, -0.1) is 0 Å². The maximum atomic E-state index is 11.9. The Labute approximate surface area is 96.3 Å². The van der Waals surface area contributed by atoms with Crippen molar-refractivity contribution in [1.82, 2.24) is 0 Å². The summed E-state index contributed by atoms with van der Waals surface area (Å²) < 4.78 is 5.93. The number of benzene rings is 1. The predicted molar refractivity (Wildman–Crippen MR) is 62.3 cm³/mol. The molecule has 0 aliphatic carbocycles. The number of halogens is 1. The summed E-state index contributed by atoms with van der Waals surface area (Å²) in [4.78, 5) is 16.2. The van der Waals surface area contributed by atoms with Gasteiger partial charge in [-0.25, -0.2) is 0 Å². The first-order valence-corrected chi connectivity index (χ1v) is 5.39. The normalized spacial score (nSPS) is 18.9. The molecule has 2 rings (SSSR count). The van der Waals surface area contributed by atoms with Gasteiger partial charge in [-0.2, -0.15) is 0 Å². The molecule has 0 N–H and O–H groups in total. The van der Waals surface area contributed by atoms with Crippen LogP contribution < -0.4 is 4.74 Å². The standard InChI is InChI=1S/C11H10BrNO2/c1-6-5-13-10-8(15-2)4-3-7(12)9(10)11(6)14/h3-6H,1-2H3. The molecule has 0 saturated carbocycles. The van der Waals surface area contributed by atoms with Crippen LogP contribution in [-0.2, 0) is 0 Å². The van der Waals surface area contributed by atoms with Crippen molar-refractivity contribution >= 4 is 33.6 Å². The summed E-state index contributed by atoms with van der Waals surface area (Å²) in [6.07, 6.45) is 1.65. The van der Waals surface area contributed by atoms with Gasteiger partial charge in [0.1, 0.15) is 11.4 Å². The van der Waals surface area contributed by atoms with E-state index in [1.807, 2.05) is 13.0 Å². The lowest BCUT2D eigenvalue weighted by Gasteiger charge is -2.17. The van der Waals surface area contributed by atoms with E-state index in [-0.39, 0.29) is 11.7 Å². The molecule has 0 fully saturated rings. The van der Waals surface area contributed by atoms with E-state index in [2.05, 4.69) is 20.9 Å². The maximum Gasteiger partial charge on any atom is 0.174 e. The minimum atomic E-state index is -0.166. The molecule has 0 saturated heterocycles. The van der Waals surface area contributed by atoms with Crippen molar-refractivity contribution in [3.8, 4) is 5.75 Å². The second-order valence-corrected chi connectivity index (χ2v) is 4.26. The molecule has 1 aliphatic heterocycles. The van der Waals surface area contributed by atoms with E-state index in [1.54, 1.807) is 19.4 Å². The number of hydrogen-bond acceptors (Lipinski definition) is 3. The third-order valence-electron chi connectivity index (χ3n) is 2.40. The molecule has 1 aliphatic rings. The second-order valence-electron chi connectivity index (χ2n) is 3.40. The van der Waals surface area contributed by atoms with E-state index in [0.29, 0.717) is 17.0 Å². The molecule has 1 heterocycles. The molecular weight excluding hydrogens is 258 g/mol. The molecule has 1 atom stereocenters. The number of rotatable bonds is 1. The third-order valence-corrected chi connectivity index (χ3v) is 3.06. The Morgan fingerprint density at radius 1 is 1.47 bits per heavy atom. The predicted octanol–water partition coefficient (Wildman–Crippen LogP) is 2.99. The number of carbonyl (C=O) groups is 1. The maximum absolute atomic E-state index is 11.9. The second kappa shape index (κ2) is 3.77. The average molecular weight is 268 g/mol. The van der Waals surface area contributed by atoms with Gasteiger partial charge in [-0.1, -0.05) is 6.92 Å². The highest BCUT2D eigenvalue weighted by Gasteiger charge is 2.25. The van der Waals surface area contributed by atoms with Crippen LogP contribution in [0.1, 0.15) is 17.3 Å². The Kier molecular flexibility index (Phi) is 2.61. The van der Waals surface area contributed by atoms with Gasteiger partial charge in [-0.05, 0) is 28.1 Å². The Bertz CT molecular complexity index is 454. The highest BCUT2D eigenvalue weighted by molar-refractivity contribution is 9.10. The van der Waals surface area contributed by atoms with Gasteiger partial charge >= 0.3 is 0 Å². The number of ketones is 1. The van der Waals surface area contributed by atoms with E-state index in [4.69, 9.17) is 4.74 Å². The summed E-state index contributed by atoms with van der Waals surface area (Å²) in [5.74, 6) is 0.538. The van der Waals surface area contributed by atoms with Crippen LogP contribution >= 0.6 is 15.9 Å². The third kappa shape index (κ3) is 1.59. The molecule has 0 aromatic heterocycles. The fourth-order valence-electron chi connectivity index (χ4n) is 1.56. The minimum Gasteiger partial charge on any atom is -0.494 e. The quantitative estimate of drug-likeness (QED) is 0.785. The van der Waals surface area contributed by atoms with Crippen molar-refractivity contribution in [2.75, 3.05) is 7.11 Å². The van der Waals surface area contributed by atoms with Crippen LogP contribution in [0, 0.1) is 5.92 Å². The number of Topliss-reactive ketones (excluding diaryl/α,β-unsaturated/α-hetero) is 1. The van der Waals surface area contributed by atoms with E-state index in [9.17, 15) is 4.79 Å². The van der Waals surface area contributed by atoms with Gasteiger partial charge in [0.15, 0.2) is 5.78 Å². The number of ether oxygens (including phenoxy) is 1. The SMILES string of the molecule is COc1ccc(Br)c2c1N=CC(C)C2=O. The highest BCUT2D eigenvalue weighted by Crippen LogP contribution is 2.39. The van der Waals surface area contributed by atoms with Crippen LogP contribution in [-0.4, -0.2) is 19.1 Å². The Morgan fingerprint density at radius 3 is 2.87 bits per heavy atom. The van der Waals surface area contributed by atoms with E-state index in [1.165, 1.54) is 0 Å². The average Bonchev–Trinajstić information content (AvgIpc) is 2.24. The lowest BCUT2D eigenvalue weighted by atomic mass is 9.96.